The summed E-state index contributed by atoms with van der Waals surface area (Å²) >= 11 is 0. The minimum Gasteiger partial charge on any atom is -0.490 e. The average molecular weight is 423 g/mol. The van der Waals surface area contributed by atoms with E-state index in [1.54, 1.807) is 18.2 Å². The summed E-state index contributed by atoms with van der Waals surface area (Å²) in [5, 5.41) is 0.472. The van der Waals surface area contributed by atoms with Crippen LogP contribution in [0.4, 0.5) is 4.39 Å². The normalized spacial score (nSPS) is 18.9. The minimum atomic E-state index is -0.672. The van der Waals surface area contributed by atoms with E-state index in [1.807, 2.05) is 12.1 Å². The van der Waals surface area contributed by atoms with Gasteiger partial charge in [0, 0.05) is 5.56 Å². The van der Waals surface area contributed by atoms with Gasteiger partial charge in [-0.25, -0.2) is 9.18 Å². The summed E-state index contributed by atoms with van der Waals surface area (Å²) in [6.07, 6.45) is 7.97. The van der Waals surface area contributed by atoms with Gasteiger partial charge in [-0.05, 0) is 54.2 Å². The molecule has 0 aliphatic heterocycles. The van der Waals surface area contributed by atoms with E-state index in [-0.39, 0.29) is 11.1 Å². The Hall–Kier alpha value is -2.62. The van der Waals surface area contributed by atoms with Gasteiger partial charge in [-0.15, -0.1) is 0 Å². The van der Waals surface area contributed by atoms with Gasteiger partial charge < -0.3 is 9.15 Å². The Morgan fingerprint density at radius 3 is 2.48 bits per heavy atom. The van der Waals surface area contributed by atoms with Crippen molar-refractivity contribution in [3.8, 4) is 17.1 Å². The molecule has 0 atom stereocenters. The third-order valence-electron chi connectivity index (χ3n) is 6.52. The lowest BCUT2D eigenvalue weighted by Crippen LogP contribution is -2.10. The Labute approximate surface area is 183 Å². The number of rotatable bonds is 7. The second-order valence-electron chi connectivity index (χ2n) is 8.87. The van der Waals surface area contributed by atoms with Crippen LogP contribution in [0.3, 0.4) is 0 Å². The number of hydrogen-bond donors (Lipinski definition) is 0. The number of halogens is 1. The molecule has 31 heavy (non-hydrogen) atoms. The monoisotopic (exact) mass is 422 g/mol. The van der Waals surface area contributed by atoms with Gasteiger partial charge in [0.2, 0.25) is 0 Å². The molecular formula is C27H31FO3. The zero-order valence-electron chi connectivity index (χ0n) is 18.5. The molecule has 1 heterocycles. The molecule has 1 aliphatic carbocycles. The third-order valence-corrected chi connectivity index (χ3v) is 6.52. The summed E-state index contributed by atoms with van der Waals surface area (Å²) in [5.41, 5.74) is 1.50. The van der Waals surface area contributed by atoms with Gasteiger partial charge in [-0.2, -0.15) is 0 Å². The number of ether oxygens (including phenoxy) is 1. The van der Waals surface area contributed by atoms with E-state index in [1.165, 1.54) is 31.2 Å². The van der Waals surface area contributed by atoms with Gasteiger partial charge in [0.25, 0.3) is 0 Å². The van der Waals surface area contributed by atoms with Crippen molar-refractivity contribution in [1.29, 1.82) is 0 Å². The van der Waals surface area contributed by atoms with Gasteiger partial charge in [0.05, 0.1) is 6.61 Å². The first kappa shape index (κ1) is 21.6. The molecule has 0 unspecified atom stereocenters. The quantitative estimate of drug-likeness (QED) is 0.371. The molecule has 0 amide bonds. The highest BCUT2D eigenvalue weighted by molar-refractivity contribution is 5.86. The van der Waals surface area contributed by atoms with E-state index in [0.717, 1.165) is 30.7 Å². The summed E-state index contributed by atoms with van der Waals surface area (Å²) in [7, 11) is 0. The third kappa shape index (κ3) is 4.84. The van der Waals surface area contributed by atoms with Gasteiger partial charge in [0.15, 0.2) is 11.6 Å². The van der Waals surface area contributed by atoms with Gasteiger partial charge in [-0.1, -0.05) is 69.9 Å². The smallest absolute Gasteiger partial charge is 0.347 e. The Morgan fingerprint density at radius 2 is 1.77 bits per heavy atom. The van der Waals surface area contributed by atoms with Crippen molar-refractivity contribution in [2.75, 3.05) is 6.61 Å². The second kappa shape index (κ2) is 9.67. The molecule has 3 aromatic rings. The number of fused-ring (bicyclic) bond motifs is 1. The lowest BCUT2D eigenvalue weighted by atomic mass is 9.79. The molecule has 0 N–H and O–H groups in total. The van der Waals surface area contributed by atoms with Crippen LogP contribution in [0.15, 0.2) is 51.7 Å². The molecule has 1 aliphatic rings. The largest absolute Gasteiger partial charge is 0.490 e. The van der Waals surface area contributed by atoms with Crippen molar-refractivity contribution in [3.05, 3.63) is 64.3 Å². The highest BCUT2D eigenvalue weighted by Crippen LogP contribution is 2.36. The lowest BCUT2D eigenvalue weighted by molar-refractivity contribution is 0.292. The molecule has 1 aromatic heterocycles. The van der Waals surface area contributed by atoms with Crippen LogP contribution in [0.1, 0.15) is 70.3 Å². The fourth-order valence-corrected chi connectivity index (χ4v) is 4.52. The van der Waals surface area contributed by atoms with E-state index in [4.69, 9.17) is 9.15 Å². The summed E-state index contributed by atoms with van der Waals surface area (Å²) in [4.78, 5) is 12.6. The maximum atomic E-state index is 14.9. The standard InChI is InChI=1S/C27H31FO3/c1-3-4-5-16-30-23-15-14-22-17-24(31-27(29)25(22)26(23)28)21-12-10-20(11-13-21)19-8-6-18(2)7-9-19/h10-15,17-19H,3-9,16H2,1-2H3. The number of hydrogen-bond acceptors (Lipinski definition) is 3. The molecule has 3 nitrogen and oxygen atoms in total. The average Bonchev–Trinajstić information content (AvgIpc) is 2.78. The number of benzene rings is 2. The maximum absolute atomic E-state index is 14.9. The topological polar surface area (TPSA) is 39.4 Å². The first-order valence-corrected chi connectivity index (χ1v) is 11.6. The minimum absolute atomic E-state index is 0.0512. The molecule has 1 saturated carbocycles. The first-order valence-electron chi connectivity index (χ1n) is 11.6. The summed E-state index contributed by atoms with van der Waals surface area (Å²) < 4.78 is 25.9. The lowest BCUT2D eigenvalue weighted by Gasteiger charge is -2.26. The zero-order valence-corrected chi connectivity index (χ0v) is 18.5. The van der Waals surface area contributed by atoms with Crippen LogP contribution < -0.4 is 10.4 Å². The van der Waals surface area contributed by atoms with Gasteiger partial charge in [-0.3, -0.25) is 0 Å². The second-order valence-corrected chi connectivity index (χ2v) is 8.87. The fraction of sp³-hybridized carbons (Fsp3) is 0.444. The van der Waals surface area contributed by atoms with Crippen molar-refractivity contribution in [2.45, 2.75) is 64.7 Å². The molecule has 2 aromatic carbocycles. The van der Waals surface area contributed by atoms with Crippen molar-refractivity contribution in [3.63, 3.8) is 0 Å². The van der Waals surface area contributed by atoms with E-state index in [9.17, 15) is 9.18 Å². The molecule has 4 heteroatoms. The molecular weight excluding hydrogens is 391 g/mol. The van der Waals surface area contributed by atoms with Crippen LogP contribution in [0.25, 0.3) is 22.1 Å². The van der Waals surface area contributed by atoms with Crippen LogP contribution >= 0.6 is 0 Å². The summed E-state index contributed by atoms with van der Waals surface area (Å²) in [6, 6.07) is 13.3. The van der Waals surface area contributed by atoms with Gasteiger partial charge in [0.1, 0.15) is 11.1 Å². The summed E-state index contributed by atoms with van der Waals surface area (Å²) in [5.74, 6) is 1.35. The van der Waals surface area contributed by atoms with E-state index in [0.29, 0.717) is 23.7 Å². The molecule has 0 bridgehead atoms. The van der Waals surface area contributed by atoms with E-state index < -0.39 is 11.4 Å². The summed E-state index contributed by atoms with van der Waals surface area (Å²) in [6.45, 7) is 4.86. The highest BCUT2D eigenvalue weighted by Gasteiger charge is 2.20. The molecule has 0 spiro atoms. The van der Waals surface area contributed by atoms with Crippen molar-refractivity contribution >= 4 is 10.8 Å². The van der Waals surface area contributed by atoms with Gasteiger partial charge >= 0.3 is 5.63 Å². The van der Waals surface area contributed by atoms with Crippen molar-refractivity contribution in [1.82, 2.24) is 0 Å². The van der Waals surface area contributed by atoms with Crippen molar-refractivity contribution in [2.24, 2.45) is 5.92 Å². The van der Waals surface area contributed by atoms with Crippen LogP contribution in [0.2, 0.25) is 0 Å². The first-order chi connectivity index (χ1) is 15.1. The predicted molar refractivity (Wildman–Crippen MR) is 123 cm³/mol. The van der Waals surface area contributed by atoms with E-state index >= 15 is 0 Å². The van der Waals surface area contributed by atoms with Crippen LogP contribution in [-0.4, -0.2) is 6.61 Å². The van der Waals surface area contributed by atoms with Crippen LogP contribution in [0.5, 0.6) is 5.75 Å². The Morgan fingerprint density at radius 1 is 1.03 bits per heavy atom. The van der Waals surface area contributed by atoms with Crippen LogP contribution in [0, 0.1) is 11.7 Å². The Bertz CT molecular complexity index is 1080. The highest BCUT2D eigenvalue weighted by atomic mass is 19.1. The van der Waals surface area contributed by atoms with E-state index in [2.05, 4.69) is 26.0 Å². The fourth-order valence-electron chi connectivity index (χ4n) is 4.52. The van der Waals surface area contributed by atoms with Crippen LogP contribution in [-0.2, 0) is 0 Å². The molecule has 0 saturated heterocycles. The Balaban J connectivity index is 1.57. The maximum Gasteiger partial charge on any atom is 0.347 e. The molecule has 4 rings (SSSR count). The molecule has 164 valence electrons. The predicted octanol–water partition coefficient (Wildman–Crippen LogP) is 7.46. The Kier molecular flexibility index (Phi) is 6.74. The number of unbranched alkanes of at least 4 members (excludes halogenated alkanes) is 2. The van der Waals surface area contributed by atoms with Crippen molar-refractivity contribution < 1.29 is 13.5 Å². The molecule has 0 radical (unpaired) electrons. The zero-order chi connectivity index (χ0) is 21.8. The SMILES string of the molecule is CCCCCOc1ccc2cc(-c3ccc(C4CCC(C)CC4)cc3)oc(=O)c2c1F. The molecule has 1 fully saturated rings.